The molecule has 2 unspecified atom stereocenters. The van der Waals surface area contributed by atoms with Crippen LogP contribution >= 0.6 is 0 Å². The van der Waals surface area contributed by atoms with E-state index in [1.54, 1.807) is 24.7 Å². The van der Waals surface area contributed by atoms with Gasteiger partial charge in [0.15, 0.2) is 0 Å². The van der Waals surface area contributed by atoms with Gasteiger partial charge >= 0.3 is 0 Å². The van der Waals surface area contributed by atoms with Crippen LogP contribution in [0.3, 0.4) is 0 Å². The third kappa shape index (κ3) is 0.791. The van der Waals surface area contributed by atoms with Crippen LogP contribution in [-0.4, -0.2) is 12.6 Å². The van der Waals surface area contributed by atoms with E-state index in [0.717, 1.165) is 0 Å². The first kappa shape index (κ1) is 4.88. The molecule has 48 valence electrons. The highest BCUT2D eigenvalue weighted by Crippen LogP contribution is 2.16. The molecule has 2 aliphatic heterocycles. The van der Waals surface area contributed by atoms with E-state index in [0.29, 0.717) is 0 Å². The van der Waals surface area contributed by atoms with Gasteiger partial charge in [-0.25, -0.2) is 0 Å². The van der Waals surface area contributed by atoms with Crippen molar-refractivity contribution in [3.8, 4) is 0 Å². The van der Waals surface area contributed by atoms with Crippen LogP contribution in [0.15, 0.2) is 24.7 Å². The van der Waals surface area contributed by atoms with Gasteiger partial charge in [-0.2, -0.15) is 0 Å². The fraction of sp³-hybridized carbons (Fsp3) is 0.333. The Morgan fingerprint density at radius 3 is 1.89 bits per heavy atom. The van der Waals surface area contributed by atoms with Gasteiger partial charge in [-0.05, 0) is 0 Å². The predicted octanol–water partition coefficient (Wildman–Crippen LogP) is 0.743. The molecule has 9 heavy (non-hydrogen) atoms. The van der Waals surface area contributed by atoms with Crippen molar-refractivity contribution < 1.29 is 14.2 Å². The molecule has 0 N–H and O–H groups in total. The second-order valence-corrected chi connectivity index (χ2v) is 1.80. The fourth-order valence-electron chi connectivity index (χ4n) is 0.752. The Bertz CT molecular complexity index is 144. The molecule has 0 fully saturated rings. The second kappa shape index (κ2) is 1.77. The van der Waals surface area contributed by atoms with Gasteiger partial charge < -0.3 is 9.47 Å². The van der Waals surface area contributed by atoms with E-state index in [-0.39, 0.29) is 12.6 Å². The van der Waals surface area contributed by atoms with Crippen molar-refractivity contribution in [3.05, 3.63) is 24.7 Å². The highest BCUT2D eigenvalue weighted by Gasteiger charge is 2.20. The van der Waals surface area contributed by atoms with Crippen LogP contribution in [0.25, 0.3) is 0 Å². The average molecular weight is 126 g/mol. The maximum absolute atomic E-state index is 5.10. The summed E-state index contributed by atoms with van der Waals surface area (Å²) in [4.78, 5) is 0. The summed E-state index contributed by atoms with van der Waals surface area (Å²) in [6.07, 6.45) is 6.10. The molecule has 2 rings (SSSR count). The Labute approximate surface area is 52.5 Å². The zero-order valence-corrected chi connectivity index (χ0v) is 4.69. The van der Waals surface area contributed by atoms with Crippen LogP contribution < -0.4 is 0 Å². The third-order valence-corrected chi connectivity index (χ3v) is 1.17. The Kier molecular flexibility index (Phi) is 0.960. The SMILES string of the molecule is C1=CC2OC=CC(O1)O2. The van der Waals surface area contributed by atoms with Crippen molar-refractivity contribution in [1.82, 2.24) is 0 Å². The third-order valence-electron chi connectivity index (χ3n) is 1.17. The standard InChI is InChI=1S/C6H6O3/c1-3-7-6-2-4-8-5(1)9-6/h1-6H. The van der Waals surface area contributed by atoms with Crippen LogP contribution in [-0.2, 0) is 14.2 Å². The van der Waals surface area contributed by atoms with E-state index < -0.39 is 0 Å². The number of ether oxygens (including phenoxy) is 3. The zero-order valence-electron chi connectivity index (χ0n) is 4.69. The van der Waals surface area contributed by atoms with Crippen molar-refractivity contribution in [1.29, 1.82) is 0 Å². The van der Waals surface area contributed by atoms with E-state index in [9.17, 15) is 0 Å². The molecule has 3 nitrogen and oxygen atoms in total. The molecule has 0 amide bonds. The normalized spacial score (nSPS) is 37.3. The summed E-state index contributed by atoms with van der Waals surface area (Å²) in [7, 11) is 0. The lowest BCUT2D eigenvalue weighted by Gasteiger charge is -2.26. The van der Waals surface area contributed by atoms with E-state index in [4.69, 9.17) is 14.2 Å². The minimum atomic E-state index is -0.242. The summed E-state index contributed by atoms with van der Waals surface area (Å²) >= 11 is 0. The van der Waals surface area contributed by atoms with E-state index in [1.807, 2.05) is 0 Å². The molecule has 2 atom stereocenters. The molecule has 0 aromatic rings. The van der Waals surface area contributed by atoms with E-state index >= 15 is 0 Å². The minimum Gasteiger partial charge on any atom is -0.469 e. The topological polar surface area (TPSA) is 27.7 Å². The molecule has 0 aromatic heterocycles. The van der Waals surface area contributed by atoms with Gasteiger partial charge in [-0.15, -0.1) is 0 Å². The Hall–Kier alpha value is -0.960. The summed E-state index contributed by atoms with van der Waals surface area (Å²) in [5, 5.41) is 0. The molecule has 0 radical (unpaired) electrons. The smallest absolute Gasteiger partial charge is 0.225 e. The molecule has 0 saturated carbocycles. The Morgan fingerprint density at radius 2 is 1.44 bits per heavy atom. The van der Waals surface area contributed by atoms with Gasteiger partial charge in [0.05, 0.1) is 12.5 Å². The molecule has 0 aliphatic carbocycles. The van der Waals surface area contributed by atoms with Crippen LogP contribution in [0, 0.1) is 0 Å². The molecule has 0 aromatic carbocycles. The van der Waals surface area contributed by atoms with E-state index in [2.05, 4.69) is 0 Å². The number of rotatable bonds is 0. The maximum atomic E-state index is 5.10. The van der Waals surface area contributed by atoms with Crippen LogP contribution in [0.5, 0.6) is 0 Å². The summed E-state index contributed by atoms with van der Waals surface area (Å²) in [5.41, 5.74) is 0. The molecule has 0 spiro atoms. The predicted molar refractivity (Wildman–Crippen MR) is 29.1 cm³/mol. The lowest BCUT2D eigenvalue weighted by Crippen LogP contribution is -2.28. The highest BCUT2D eigenvalue weighted by atomic mass is 16.8. The van der Waals surface area contributed by atoms with Gasteiger partial charge in [-0.1, -0.05) is 0 Å². The van der Waals surface area contributed by atoms with Gasteiger partial charge in [0.25, 0.3) is 0 Å². The number of fused-ring (bicyclic) bond motifs is 2. The molecular formula is C6H6O3. The van der Waals surface area contributed by atoms with Crippen LogP contribution in [0.4, 0.5) is 0 Å². The highest BCUT2D eigenvalue weighted by molar-refractivity contribution is 4.94. The quantitative estimate of drug-likeness (QED) is 0.479. The molecule has 0 saturated heterocycles. The van der Waals surface area contributed by atoms with Crippen molar-refractivity contribution >= 4 is 0 Å². The van der Waals surface area contributed by atoms with E-state index in [1.165, 1.54) is 0 Å². The van der Waals surface area contributed by atoms with Gasteiger partial charge in [0, 0.05) is 12.2 Å². The Morgan fingerprint density at radius 1 is 0.889 bits per heavy atom. The number of hydrogen-bond acceptors (Lipinski definition) is 3. The monoisotopic (exact) mass is 126 g/mol. The largest absolute Gasteiger partial charge is 0.469 e. The van der Waals surface area contributed by atoms with Crippen molar-refractivity contribution in [2.45, 2.75) is 12.6 Å². The van der Waals surface area contributed by atoms with Gasteiger partial charge in [0.1, 0.15) is 0 Å². The Balaban J connectivity index is 2.20. The molecule has 2 bridgehead atoms. The summed E-state index contributed by atoms with van der Waals surface area (Å²) in [5.74, 6) is 0. The zero-order chi connectivity index (χ0) is 6.10. The van der Waals surface area contributed by atoms with Crippen molar-refractivity contribution in [2.24, 2.45) is 0 Å². The first-order chi connectivity index (χ1) is 4.45. The van der Waals surface area contributed by atoms with Crippen LogP contribution in [0.1, 0.15) is 0 Å². The number of hydrogen-bond donors (Lipinski definition) is 0. The van der Waals surface area contributed by atoms with Gasteiger partial charge in [0.2, 0.25) is 12.6 Å². The van der Waals surface area contributed by atoms with Crippen molar-refractivity contribution in [3.63, 3.8) is 0 Å². The first-order valence-electron chi connectivity index (χ1n) is 2.75. The molecule has 2 aliphatic rings. The lowest BCUT2D eigenvalue weighted by molar-refractivity contribution is -0.201. The average Bonchev–Trinajstić information content (AvgIpc) is 1.88. The minimum absolute atomic E-state index is 0.242. The summed E-state index contributed by atoms with van der Waals surface area (Å²) in [6.45, 7) is 0. The summed E-state index contributed by atoms with van der Waals surface area (Å²) in [6, 6.07) is 0. The van der Waals surface area contributed by atoms with Crippen LogP contribution in [0.2, 0.25) is 0 Å². The van der Waals surface area contributed by atoms with Crippen molar-refractivity contribution in [2.75, 3.05) is 0 Å². The second-order valence-electron chi connectivity index (χ2n) is 1.80. The van der Waals surface area contributed by atoms with Gasteiger partial charge in [-0.3, -0.25) is 4.74 Å². The lowest BCUT2D eigenvalue weighted by atomic mass is 10.5. The fourth-order valence-corrected chi connectivity index (χ4v) is 0.752. The maximum Gasteiger partial charge on any atom is 0.225 e. The molecular weight excluding hydrogens is 120 g/mol. The molecule has 2 heterocycles. The summed E-state index contributed by atoms with van der Waals surface area (Å²) < 4.78 is 15.1. The molecule has 3 heteroatoms. The first-order valence-corrected chi connectivity index (χ1v) is 2.75.